The number of nitrogens with one attached hydrogen (secondary N) is 2. The number of hydrogen-bond donors (Lipinski definition) is 3. The first-order chi connectivity index (χ1) is 11.6. The van der Waals surface area contributed by atoms with Crippen LogP contribution < -0.4 is 11.1 Å². The average molecular weight is 325 g/mol. The van der Waals surface area contributed by atoms with Crippen LogP contribution >= 0.6 is 0 Å². The predicted octanol–water partition coefficient (Wildman–Crippen LogP) is 1.33. The number of nitrogens with two attached hydrogens (primary N) is 1. The summed E-state index contributed by atoms with van der Waals surface area (Å²) < 4.78 is 7.62. The van der Waals surface area contributed by atoms with Crippen LogP contribution in [0, 0.1) is 0 Å². The Morgan fingerprint density at radius 1 is 1.46 bits per heavy atom. The minimum atomic E-state index is -0.450. The molecule has 7 nitrogen and oxygen atoms in total. The maximum Gasteiger partial charge on any atom is 0.250 e. The molecule has 2 aromatic heterocycles. The summed E-state index contributed by atoms with van der Waals surface area (Å²) in [5, 5.41) is 8.50. The molecule has 0 saturated carbocycles. The third kappa shape index (κ3) is 2.47. The van der Waals surface area contributed by atoms with Gasteiger partial charge in [-0.25, -0.2) is 0 Å². The van der Waals surface area contributed by atoms with Gasteiger partial charge in [0.2, 0.25) is 0 Å². The van der Waals surface area contributed by atoms with Crippen LogP contribution in [0.1, 0.15) is 22.0 Å². The first-order valence-corrected chi connectivity index (χ1v) is 7.90. The van der Waals surface area contributed by atoms with E-state index >= 15 is 0 Å². The summed E-state index contributed by atoms with van der Waals surface area (Å²) in [5.41, 5.74) is 9.67. The van der Waals surface area contributed by atoms with Crippen molar-refractivity contribution in [2.75, 3.05) is 19.7 Å². The lowest BCUT2D eigenvalue weighted by Crippen LogP contribution is -2.33. The van der Waals surface area contributed by atoms with Crippen molar-refractivity contribution < 1.29 is 9.53 Å². The molecule has 1 saturated heterocycles. The number of nitrogens with zero attached hydrogens (tertiary/aromatic N) is 2. The van der Waals surface area contributed by atoms with Crippen molar-refractivity contribution in [2.45, 2.75) is 6.10 Å². The molecule has 0 radical (unpaired) electrons. The van der Waals surface area contributed by atoms with Crippen LogP contribution in [-0.4, -0.2) is 40.4 Å². The number of rotatable bonds is 3. The maximum atomic E-state index is 11.8. The van der Waals surface area contributed by atoms with Gasteiger partial charge in [-0.1, -0.05) is 6.07 Å². The molecule has 24 heavy (non-hydrogen) atoms. The predicted molar refractivity (Wildman–Crippen MR) is 90.6 cm³/mol. The molecule has 0 bridgehead atoms. The van der Waals surface area contributed by atoms with Gasteiger partial charge in [-0.15, -0.1) is 0 Å². The Bertz CT molecular complexity index is 905. The van der Waals surface area contributed by atoms with E-state index in [4.69, 9.17) is 10.5 Å². The first kappa shape index (κ1) is 14.9. The molecule has 7 heteroatoms. The second-order valence-corrected chi connectivity index (χ2v) is 6.00. The second-order valence-electron chi connectivity index (χ2n) is 6.00. The van der Waals surface area contributed by atoms with E-state index in [0.29, 0.717) is 12.2 Å². The van der Waals surface area contributed by atoms with Crippen molar-refractivity contribution in [1.82, 2.24) is 20.1 Å². The van der Waals surface area contributed by atoms with Gasteiger partial charge in [0.1, 0.15) is 0 Å². The summed E-state index contributed by atoms with van der Waals surface area (Å²) in [6.45, 7) is 2.27. The van der Waals surface area contributed by atoms with E-state index in [0.717, 1.165) is 40.8 Å². The number of primary amides is 1. The van der Waals surface area contributed by atoms with E-state index in [1.165, 1.54) is 0 Å². The molecule has 1 atom stereocenters. The van der Waals surface area contributed by atoms with Gasteiger partial charge in [0.05, 0.1) is 30.0 Å². The molecule has 3 aromatic rings. The molecular formula is C17H19N5O2. The fourth-order valence-corrected chi connectivity index (χ4v) is 3.21. The van der Waals surface area contributed by atoms with Gasteiger partial charge < -0.3 is 20.8 Å². The van der Waals surface area contributed by atoms with Crippen LogP contribution in [0.15, 0.2) is 30.6 Å². The molecule has 4 rings (SSSR count). The molecule has 1 aliphatic rings. The Morgan fingerprint density at radius 2 is 2.33 bits per heavy atom. The number of carbonyl (C=O) groups is 1. The summed E-state index contributed by atoms with van der Waals surface area (Å²) >= 11 is 0. The lowest BCUT2D eigenvalue weighted by molar-refractivity contribution is 0.0286. The van der Waals surface area contributed by atoms with Crippen LogP contribution in [0.4, 0.5) is 0 Å². The summed E-state index contributed by atoms with van der Waals surface area (Å²) in [6.07, 6.45) is 3.67. The number of carbonyl (C=O) groups excluding carboxylic acids is 1. The Morgan fingerprint density at radius 3 is 3.00 bits per heavy atom. The van der Waals surface area contributed by atoms with Gasteiger partial charge in [0.15, 0.2) is 0 Å². The molecule has 1 aliphatic heterocycles. The fourth-order valence-electron chi connectivity index (χ4n) is 3.21. The van der Waals surface area contributed by atoms with E-state index in [9.17, 15) is 4.79 Å². The number of H-pyrrole nitrogens is 1. The molecule has 0 aliphatic carbocycles. The Balaban J connectivity index is 1.89. The van der Waals surface area contributed by atoms with Crippen molar-refractivity contribution in [2.24, 2.45) is 12.8 Å². The fraction of sp³-hybridized carbons (Fsp3) is 0.294. The zero-order chi connectivity index (χ0) is 16.7. The van der Waals surface area contributed by atoms with Crippen molar-refractivity contribution in [3.63, 3.8) is 0 Å². The van der Waals surface area contributed by atoms with Gasteiger partial charge in [-0.05, 0) is 17.7 Å². The topological polar surface area (TPSA) is 98.0 Å². The zero-order valence-corrected chi connectivity index (χ0v) is 13.4. The monoisotopic (exact) mass is 325 g/mol. The largest absolute Gasteiger partial charge is 0.371 e. The van der Waals surface area contributed by atoms with E-state index in [2.05, 4.69) is 15.4 Å². The SMILES string of the molecule is Cn1cc(-c2cc3c(C4CNCCO4)ccc(C(N)=O)c3[nH]2)cn1. The summed E-state index contributed by atoms with van der Waals surface area (Å²) in [5.74, 6) is -0.450. The van der Waals surface area contributed by atoms with Crippen LogP contribution in [0.2, 0.25) is 0 Å². The second kappa shape index (κ2) is 5.77. The third-order valence-electron chi connectivity index (χ3n) is 4.38. The molecule has 1 fully saturated rings. The summed E-state index contributed by atoms with van der Waals surface area (Å²) in [7, 11) is 1.87. The summed E-state index contributed by atoms with van der Waals surface area (Å²) in [6, 6.07) is 5.73. The van der Waals surface area contributed by atoms with Crippen LogP contribution in [-0.2, 0) is 11.8 Å². The lowest BCUT2D eigenvalue weighted by atomic mass is 10.00. The Kier molecular flexibility index (Phi) is 3.59. The smallest absolute Gasteiger partial charge is 0.250 e. The van der Waals surface area contributed by atoms with Crippen molar-refractivity contribution in [1.29, 1.82) is 0 Å². The highest BCUT2D eigenvalue weighted by molar-refractivity contribution is 6.07. The van der Waals surface area contributed by atoms with Crippen molar-refractivity contribution >= 4 is 16.8 Å². The molecule has 1 unspecified atom stereocenters. The Hall–Kier alpha value is -2.64. The summed E-state index contributed by atoms with van der Waals surface area (Å²) in [4.78, 5) is 15.1. The quantitative estimate of drug-likeness (QED) is 0.676. The number of benzene rings is 1. The number of aromatic amines is 1. The molecule has 124 valence electrons. The average Bonchev–Trinajstić information content (AvgIpc) is 3.20. The number of ether oxygens (including phenoxy) is 1. The number of hydrogen-bond acceptors (Lipinski definition) is 4. The maximum absolute atomic E-state index is 11.8. The van der Waals surface area contributed by atoms with Gasteiger partial charge in [0.25, 0.3) is 5.91 Å². The van der Waals surface area contributed by atoms with Crippen LogP contribution in [0.3, 0.4) is 0 Å². The number of aryl methyl sites for hydroxylation is 1. The highest BCUT2D eigenvalue weighted by Crippen LogP contribution is 2.33. The molecule has 4 N–H and O–H groups in total. The highest BCUT2D eigenvalue weighted by atomic mass is 16.5. The number of aromatic nitrogens is 3. The van der Waals surface area contributed by atoms with Crippen LogP contribution in [0.5, 0.6) is 0 Å². The van der Waals surface area contributed by atoms with Crippen molar-refractivity contribution in [3.8, 4) is 11.3 Å². The molecular weight excluding hydrogens is 306 g/mol. The Labute approximate surface area is 138 Å². The van der Waals surface area contributed by atoms with Gasteiger partial charge in [-0.2, -0.15) is 5.10 Å². The van der Waals surface area contributed by atoms with Gasteiger partial charge in [0, 0.05) is 43.0 Å². The number of fused-ring (bicyclic) bond motifs is 1. The van der Waals surface area contributed by atoms with E-state index in [1.807, 2.05) is 25.4 Å². The van der Waals surface area contributed by atoms with E-state index in [-0.39, 0.29) is 6.10 Å². The van der Waals surface area contributed by atoms with Crippen LogP contribution in [0.25, 0.3) is 22.2 Å². The molecule has 1 aromatic carbocycles. The van der Waals surface area contributed by atoms with E-state index in [1.54, 1.807) is 16.9 Å². The number of amides is 1. The molecule has 1 amide bonds. The minimum absolute atomic E-state index is 0.0410. The highest BCUT2D eigenvalue weighted by Gasteiger charge is 2.22. The zero-order valence-electron chi connectivity index (χ0n) is 13.4. The molecule has 3 heterocycles. The third-order valence-corrected chi connectivity index (χ3v) is 4.38. The van der Waals surface area contributed by atoms with Crippen molar-refractivity contribution in [3.05, 3.63) is 41.7 Å². The minimum Gasteiger partial charge on any atom is -0.371 e. The standard InChI is InChI=1S/C17H19N5O2/c1-22-9-10(7-20-22)14-6-13-11(15-8-19-4-5-24-15)2-3-12(17(18)23)16(13)21-14/h2-3,6-7,9,15,19,21H,4-5,8H2,1H3,(H2,18,23). The lowest BCUT2D eigenvalue weighted by Gasteiger charge is -2.24. The van der Waals surface area contributed by atoms with Gasteiger partial charge in [-0.3, -0.25) is 9.48 Å². The van der Waals surface area contributed by atoms with E-state index < -0.39 is 5.91 Å². The first-order valence-electron chi connectivity index (χ1n) is 7.90. The number of morpholine rings is 1. The molecule has 0 spiro atoms. The normalized spacial score (nSPS) is 18.1. The van der Waals surface area contributed by atoms with Gasteiger partial charge >= 0.3 is 0 Å².